The SMILES string of the molecule is O=c1[nH]c(=S)n(CS(=O)(=O)O)[nH]c1=O. The third kappa shape index (κ3) is 2.61. The van der Waals surface area contributed by atoms with Gasteiger partial charge in [-0.25, -0.2) is 4.68 Å². The molecule has 0 aliphatic heterocycles. The lowest BCUT2D eigenvalue weighted by Gasteiger charge is -2.01. The molecule has 0 amide bonds. The number of aromatic amines is 2. The summed E-state index contributed by atoms with van der Waals surface area (Å²) >= 11 is 4.53. The smallest absolute Gasteiger partial charge is 0.293 e. The summed E-state index contributed by atoms with van der Waals surface area (Å²) in [6.45, 7) is 0. The molecule has 0 bridgehead atoms. The second-order valence-electron chi connectivity index (χ2n) is 2.34. The van der Waals surface area contributed by atoms with Crippen LogP contribution in [-0.2, 0) is 16.0 Å². The Morgan fingerprint density at radius 3 is 2.43 bits per heavy atom. The van der Waals surface area contributed by atoms with Gasteiger partial charge in [0, 0.05) is 0 Å². The lowest BCUT2D eigenvalue weighted by Crippen LogP contribution is -2.35. The van der Waals surface area contributed by atoms with Crippen molar-refractivity contribution in [3.05, 3.63) is 25.5 Å². The molecule has 8 nitrogen and oxygen atoms in total. The fraction of sp³-hybridized carbons (Fsp3) is 0.250. The third-order valence-corrected chi connectivity index (χ3v) is 2.11. The van der Waals surface area contributed by atoms with Crippen molar-refractivity contribution in [2.75, 3.05) is 0 Å². The Balaban J connectivity index is 3.39. The minimum atomic E-state index is -4.33. The normalized spacial score (nSPS) is 11.5. The molecule has 0 aromatic carbocycles. The van der Waals surface area contributed by atoms with Gasteiger partial charge in [-0.15, -0.1) is 0 Å². The Labute approximate surface area is 81.9 Å². The predicted molar refractivity (Wildman–Crippen MR) is 48.1 cm³/mol. The lowest BCUT2D eigenvalue weighted by atomic mass is 10.8. The van der Waals surface area contributed by atoms with E-state index in [2.05, 4.69) is 12.2 Å². The van der Waals surface area contributed by atoms with E-state index in [0.717, 1.165) is 0 Å². The Morgan fingerprint density at radius 1 is 1.36 bits per heavy atom. The summed E-state index contributed by atoms with van der Waals surface area (Å²) in [5.74, 6) is -0.919. The highest BCUT2D eigenvalue weighted by Gasteiger charge is 2.07. The van der Waals surface area contributed by atoms with E-state index in [4.69, 9.17) is 4.55 Å². The molecule has 0 atom stereocenters. The number of aromatic nitrogens is 3. The van der Waals surface area contributed by atoms with Crippen molar-refractivity contribution in [3.63, 3.8) is 0 Å². The third-order valence-electron chi connectivity index (χ3n) is 1.20. The maximum atomic E-state index is 10.7. The van der Waals surface area contributed by atoms with Crippen LogP contribution in [0.3, 0.4) is 0 Å². The van der Waals surface area contributed by atoms with Crippen molar-refractivity contribution in [1.29, 1.82) is 0 Å². The minimum absolute atomic E-state index is 0.299. The molecule has 78 valence electrons. The molecule has 10 heteroatoms. The second kappa shape index (κ2) is 3.48. The molecule has 0 fully saturated rings. The summed E-state index contributed by atoms with van der Waals surface area (Å²) in [6, 6.07) is 0. The van der Waals surface area contributed by atoms with Crippen molar-refractivity contribution in [2.45, 2.75) is 5.88 Å². The quantitative estimate of drug-likeness (QED) is 0.325. The van der Waals surface area contributed by atoms with Crippen LogP contribution in [0.15, 0.2) is 9.59 Å². The predicted octanol–water partition coefficient (Wildman–Crippen LogP) is -1.56. The monoisotopic (exact) mass is 239 g/mol. The first-order valence-corrected chi connectivity index (χ1v) is 5.20. The van der Waals surface area contributed by atoms with E-state index in [1.165, 1.54) is 0 Å². The number of hydrogen-bond acceptors (Lipinski definition) is 5. The molecule has 0 spiro atoms. The number of hydrogen-bond donors (Lipinski definition) is 3. The molecule has 0 unspecified atom stereocenters. The van der Waals surface area contributed by atoms with Crippen LogP contribution in [0.1, 0.15) is 0 Å². The van der Waals surface area contributed by atoms with Crippen molar-refractivity contribution in [1.82, 2.24) is 14.8 Å². The van der Waals surface area contributed by atoms with E-state index in [1.807, 2.05) is 10.1 Å². The maximum absolute atomic E-state index is 10.7. The second-order valence-corrected chi connectivity index (χ2v) is 4.15. The van der Waals surface area contributed by atoms with Gasteiger partial charge in [0.05, 0.1) is 0 Å². The summed E-state index contributed by atoms with van der Waals surface area (Å²) in [7, 11) is -4.33. The van der Waals surface area contributed by atoms with Crippen LogP contribution in [0.4, 0.5) is 0 Å². The Hall–Kier alpha value is -1.26. The van der Waals surface area contributed by atoms with Crippen molar-refractivity contribution in [2.24, 2.45) is 0 Å². The first-order valence-electron chi connectivity index (χ1n) is 3.18. The topological polar surface area (TPSA) is 125 Å². The van der Waals surface area contributed by atoms with Gasteiger partial charge in [0.1, 0.15) is 0 Å². The van der Waals surface area contributed by atoms with Gasteiger partial charge in [0.2, 0.25) is 0 Å². The Bertz CT molecular complexity index is 605. The Kier molecular flexibility index (Phi) is 2.69. The highest BCUT2D eigenvalue weighted by Crippen LogP contribution is 1.87. The molecule has 1 rings (SSSR count). The van der Waals surface area contributed by atoms with Crippen molar-refractivity contribution in [3.8, 4) is 0 Å². The van der Waals surface area contributed by atoms with E-state index in [9.17, 15) is 18.0 Å². The molecule has 0 radical (unpaired) electrons. The van der Waals surface area contributed by atoms with Gasteiger partial charge in [-0.3, -0.25) is 24.2 Å². The molecule has 1 aromatic heterocycles. The van der Waals surface area contributed by atoms with E-state index in [0.29, 0.717) is 4.68 Å². The molecule has 1 aromatic rings. The summed E-state index contributed by atoms with van der Waals surface area (Å²) < 4.78 is 29.6. The van der Waals surface area contributed by atoms with Gasteiger partial charge in [-0.05, 0) is 12.2 Å². The zero-order chi connectivity index (χ0) is 10.9. The van der Waals surface area contributed by atoms with Gasteiger partial charge in [-0.2, -0.15) is 8.42 Å². The zero-order valence-corrected chi connectivity index (χ0v) is 8.18. The lowest BCUT2D eigenvalue weighted by molar-refractivity contribution is 0.462. The zero-order valence-electron chi connectivity index (χ0n) is 6.55. The highest BCUT2D eigenvalue weighted by atomic mass is 32.2. The average molecular weight is 239 g/mol. The molecular formula is C4H5N3O5S2. The molecule has 0 aliphatic carbocycles. The van der Waals surface area contributed by atoms with E-state index in [-0.39, 0.29) is 4.77 Å². The maximum Gasteiger partial charge on any atom is 0.328 e. The van der Waals surface area contributed by atoms with Crippen LogP contribution in [0.2, 0.25) is 0 Å². The van der Waals surface area contributed by atoms with Gasteiger partial charge < -0.3 is 0 Å². The highest BCUT2D eigenvalue weighted by molar-refractivity contribution is 7.84. The number of rotatable bonds is 2. The molecule has 14 heavy (non-hydrogen) atoms. The van der Waals surface area contributed by atoms with Crippen LogP contribution in [0.5, 0.6) is 0 Å². The van der Waals surface area contributed by atoms with Gasteiger partial charge >= 0.3 is 11.1 Å². The fourth-order valence-corrected chi connectivity index (χ4v) is 1.50. The van der Waals surface area contributed by atoms with E-state index < -0.39 is 27.1 Å². The average Bonchev–Trinajstić information content (AvgIpc) is 1.97. The number of nitrogens with one attached hydrogen (secondary N) is 2. The van der Waals surface area contributed by atoms with Crippen molar-refractivity contribution < 1.29 is 13.0 Å². The molecule has 0 saturated carbocycles. The summed E-state index contributed by atoms with van der Waals surface area (Å²) in [5.41, 5.74) is -2.04. The van der Waals surface area contributed by atoms with Crippen LogP contribution < -0.4 is 11.1 Å². The van der Waals surface area contributed by atoms with E-state index >= 15 is 0 Å². The number of nitrogens with zero attached hydrogens (tertiary/aromatic N) is 1. The van der Waals surface area contributed by atoms with Gasteiger partial charge in [0.25, 0.3) is 10.1 Å². The van der Waals surface area contributed by atoms with E-state index in [1.54, 1.807) is 0 Å². The molecular weight excluding hydrogens is 234 g/mol. The van der Waals surface area contributed by atoms with Crippen LogP contribution in [0.25, 0.3) is 0 Å². The molecule has 0 aliphatic rings. The molecule has 3 N–H and O–H groups in total. The fourth-order valence-electron chi connectivity index (χ4n) is 0.700. The molecule has 0 saturated heterocycles. The van der Waals surface area contributed by atoms with Crippen LogP contribution >= 0.6 is 12.2 Å². The first-order chi connectivity index (χ1) is 6.29. The van der Waals surface area contributed by atoms with Crippen LogP contribution in [-0.4, -0.2) is 27.7 Å². The molecule has 1 heterocycles. The summed E-state index contributed by atoms with van der Waals surface area (Å²) in [4.78, 5) is 23.3. The number of H-pyrrole nitrogens is 2. The van der Waals surface area contributed by atoms with Crippen LogP contribution in [0, 0.1) is 4.77 Å². The Morgan fingerprint density at radius 2 is 1.93 bits per heavy atom. The minimum Gasteiger partial charge on any atom is -0.293 e. The van der Waals surface area contributed by atoms with Crippen molar-refractivity contribution >= 4 is 22.3 Å². The standard InChI is InChI=1S/C4H5N3O5S2/c8-2-3(9)6-7(4(13)5-2)1-14(10,11)12/h1H2,(H,6,9)(H,5,8,13)(H,10,11,12). The summed E-state index contributed by atoms with van der Waals surface area (Å²) in [6.07, 6.45) is 0. The summed E-state index contributed by atoms with van der Waals surface area (Å²) in [5, 5.41) is 1.87. The van der Waals surface area contributed by atoms with Gasteiger partial charge in [-0.1, -0.05) is 0 Å². The first kappa shape index (κ1) is 10.8. The largest absolute Gasteiger partial charge is 0.328 e. The van der Waals surface area contributed by atoms with Gasteiger partial charge in [0.15, 0.2) is 10.6 Å².